The van der Waals surface area contributed by atoms with E-state index in [1.165, 1.54) is 4.31 Å². The predicted octanol–water partition coefficient (Wildman–Crippen LogP) is 2.23. The van der Waals surface area contributed by atoms with E-state index in [0.29, 0.717) is 16.3 Å². The number of sulfonamides is 1. The highest BCUT2D eigenvalue weighted by atomic mass is 35.5. The molecule has 2 heterocycles. The molecule has 0 unspecified atom stereocenters. The molecular formula is C21H27ClN4O5S. The van der Waals surface area contributed by atoms with Gasteiger partial charge in [-0.3, -0.25) is 9.59 Å². The molecule has 1 fully saturated rings. The zero-order valence-corrected chi connectivity index (χ0v) is 20.0. The van der Waals surface area contributed by atoms with Gasteiger partial charge in [0.15, 0.2) is 5.76 Å². The van der Waals surface area contributed by atoms with Crippen molar-refractivity contribution in [1.29, 1.82) is 0 Å². The molecule has 2 aromatic rings. The molecule has 0 radical (unpaired) electrons. The van der Waals surface area contributed by atoms with Crippen LogP contribution < -0.4 is 5.32 Å². The number of rotatable bonds is 6. The van der Waals surface area contributed by atoms with Crippen LogP contribution in [0, 0.1) is 19.8 Å². The lowest BCUT2D eigenvalue weighted by Gasteiger charge is -2.36. The van der Waals surface area contributed by atoms with Crippen LogP contribution in [0.1, 0.15) is 35.7 Å². The Morgan fingerprint density at radius 2 is 1.69 bits per heavy atom. The van der Waals surface area contributed by atoms with E-state index in [2.05, 4.69) is 10.5 Å². The molecule has 2 amide bonds. The fourth-order valence-corrected chi connectivity index (χ4v) is 5.50. The highest BCUT2D eigenvalue weighted by molar-refractivity contribution is 7.89. The number of amides is 2. The van der Waals surface area contributed by atoms with Gasteiger partial charge in [-0.15, -0.1) is 0 Å². The van der Waals surface area contributed by atoms with Crippen LogP contribution >= 0.6 is 11.6 Å². The Hall–Kier alpha value is -2.43. The quantitative estimate of drug-likeness (QED) is 0.675. The molecule has 1 aromatic carbocycles. The van der Waals surface area contributed by atoms with Gasteiger partial charge in [0.05, 0.1) is 0 Å². The molecule has 0 bridgehead atoms. The Labute approximate surface area is 192 Å². The number of nitrogens with zero attached hydrogens (tertiary/aromatic N) is 3. The molecule has 1 aromatic heterocycles. The number of carbonyl (C=O) groups excluding carboxylic acids is 2. The van der Waals surface area contributed by atoms with Crippen molar-refractivity contribution in [1.82, 2.24) is 19.7 Å². The second-order valence-corrected chi connectivity index (χ2v) is 10.4. The molecular weight excluding hydrogens is 456 g/mol. The van der Waals surface area contributed by atoms with Crippen molar-refractivity contribution >= 4 is 33.4 Å². The minimum atomic E-state index is -3.77. The molecule has 3 rings (SSSR count). The van der Waals surface area contributed by atoms with Crippen molar-refractivity contribution in [2.75, 3.05) is 26.2 Å². The number of piperazine rings is 1. The summed E-state index contributed by atoms with van der Waals surface area (Å²) in [7, 11) is -3.77. The average molecular weight is 483 g/mol. The van der Waals surface area contributed by atoms with E-state index in [1.54, 1.807) is 43.0 Å². The normalized spacial score (nSPS) is 16.2. The molecule has 1 N–H and O–H groups in total. The Kier molecular flexibility index (Phi) is 7.26. The zero-order chi connectivity index (χ0) is 23.6. The third-order valence-corrected chi connectivity index (χ3v) is 7.84. The number of carbonyl (C=O) groups is 2. The molecule has 9 nitrogen and oxygen atoms in total. The fraction of sp³-hybridized carbons (Fsp3) is 0.476. The van der Waals surface area contributed by atoms with Crippen LogP contribution in [0.5, 0.6) is 0 Å². The van der Waals surface area contributed by atoms with Gasteiger partial charge < -0.3 is 14.7 Å². The maximum atomic E-state index is 13.2. The summed E-state index contributed by atoms with van der Waals surface area (Å²) < 4.78 is 32.3. The Morgan fingerprint density at radius 1 is 1.09 bits per heavy atom. The highest BCUT2D eigenvalue weighted by Crippen LogP contribution is 2.24. The first-order valence-electron chi connectivity index (χ1n) is 10.3. The number of aryl methyl sites for hydroxylation is 2. The van der Waals surface area contributed by atoms with Crippen molar-refractivity contribution in [3.8, 4) is 0 Å². The Balaban J connectivity index is 1.67. The van der Waals surface area contributed by atoms with E-state index in [-0.39, 0.29) is 54.6 Å². The van der Waals surface area contributed by atoms with E-state index in [9.17, 15) is 18.0 Å². The van der Waals surface area contributed by atoms with Crippen LogP contribution in [0.4, 0.5) is 0 Å². The Bertz CT molecular complexity index is 1070. The van der Waals surface area contributed by atoms with E-state index < -0.39 is 16.1 Å². The van der Waals surface area contributed by atoms with Gasteiger partial charge in [-0.05, 0) is 44.0 Å². The number of hydrogen-bond acceptors (Lipinski definition) is 6. The van der Waals surface area contributed by atoms with Crippen molar-refractivity contribution < 1.29 is 22.5 Å². The lowest BCUT2D eigenvalue weighted by atomic mass is 10.0. The summed E-state index contributed by atoms with van der Waals surface area (Å²) in [4.78, 5) is 27.4. The average Bonchev–Trinajstić information content (AvgIpc) is 3.10. The second kappa shape index (κ2) is 9.60. The lowest BCUT2D eigenvalue weighted by Crippen LogP contribution is -2.57. The minimum Gasteiger partial charge on any atom is -0.360 e. The van der Waals surface area contributed by atoms with Gasteiger partial charge >= 0.3 is 0 Å². The van der Waals surface area contributed by atoms with Gasteiger partial charge in [-0.1, -0.05) is 30.6 Å². The summed E-state index contributed by atoms with van der Waals surface area (Å²) in [5.74, 6) is -0.515. The highest BCUT2D eigenvalue weighted by Gasteiger charge is 2.36. The van der Waals surface area contributed by atoms with Crippen LogP contribution in [-0.2, 0) is 14.8 Å². The van der Waals surface area contributed by atoms with Gasteiger partial charge in [0, 0.05) is 36.8 Å². The van der Waals surface area contributed by atoms with E-state index >= 15 is 0 Å². The molecule has 1 aliphatic rings. The molecule has 32 heavy (non-hydrogen) atoms. The van der Waals surface area contributed by atoms with Gasteiger partial charge in [-0.2, -0.15) is 4.31 Å². The van der Waals surface area contributed by atoms with Gasteiger partial charge in [0.25, 0.3) is 5.91 Å². The smallest absolute Gasteiger partial charge is 0.251 e. The standard InChI is InChI=1S/C21H27ClN4O5S/c1-13(2)18(23-20(27)16-5-7-17(22)8-6-16)21(28)25-9-11-26(12-10-25)32(29,30)19-14(3)24-31-15(19)4/h5-8,13,18H,9-12H2,1-4H3,(H,23,27)/t18-/m0/s1. The molecule has 0 aliphatic carbocycles. The SMILES string of the molecule is Cc1noc(C)c1S(=O)(=O)N1CCN(C(=O)[C@@H](NC(=O)c2ccc(Cl)cc2)C(C)C)CC1. The Morgan fingerprint density at radius 3 is 2.19 bits per heavy atom. The number of benzene rings is 1. The number of hydrogen-bond donors (Lipinski definition) is 1. The van der Waals surface area contributed by atoms with Gasteiger partial charge in [0.1, 0.15) is 16.6 Å². The van der Waals surface area contributed by atoms with Crippen molar-refractivity contribution in [2.24, 2.45) is 5.92 Å². The third kappa shape index (κ3) is 4.97. The molecule has 1 atom stereocenters. The molecule has 1 saturated heterocycles. The number of aromatic nitrogens is 1. The molecule has 11 heteroatoms. The van der Waals surface area contributed by atoms with E-state index in [4.69, 9.17) is 16.1 Å². The van der Waals surface area contributed by atoms with Gasteiger partial charge in [-0.25, -0.2) is 8.42 Å². The summed E-state index contributed by atoms with van der Waals surface area (Å²) >= 11 is 5.87. The van der Waals surface area contributed by atoms with Crippen molar-refractivity contribution in [3.63, 3.8) is 0 Å². The van der Waals surface area contributed by atoms with Crippen LogP contribution in [0.25, 0.3) is 0 Å². The van der Waals surface area contributed by atoms with Crippen LogP contribution in [-0.4, -0.2) is 66.8 Å². The van der Waals surface area contributed by atoms with E-state index in [0.717, 1.165) is 0 Å². The van der Waals surface area contributed by atoms with Crippen LogP contribution in [0.15, 0.2) is 33.7 Å². The van der Waals surface area contributed by atoms with E-state index in [1.807, 2.05) is 13.8 Å². The topological polar surface area (TPSA) is 113 Å². The minimum absolute atomic E-state index is 0.0764. The molecule has 174 valence electrons. The van der Waals surface area contributed by atoms with Gasteiger partial charge in [0.2, 0.25) is 15.9 Å². The molecule has 0 saturated carbocycles. The predicted molar refractivity (Wildman–Crippen MR) is 119 cm³/mol. The second-order valence-electron chi connectivity index (χ2n) is 8.08. The summed E-state index contributed by atoms with van der Waals surface area (Å²) in [5.41, 5.74) is 0.717. The number of nitrogens with one attached hydrogen (secondary N) is 1. The summed E-state index contributed by atoms with van der Waals surface area (Å²) in [5, 5.41) is 7.05. The first-order chi connectivity index (χ1) is 15.0. The largest absolute Gasteiger partial charge is 0.360 e. The maximum absolute atomic E-state index is 13.2. The molecule has 1 aliphatic heterocycles. The first-order valence-corrected chi connectivity index (χ1v) is 12.1. The van der Waals surface area contributed by atoms with Crippen LogP contribution in [0.2, 0.25) is 5.02 Å². The van der Waals surface area contributed by atoms with Crippen LogP contribution in [0.3, 0.4) is 0 Å². The summed E-state index contributed by atoms with van der Waals surface area (Å²) in [6.45, 7) is 7.58. The summed E-state index contributed by atoms with van der Waals surface area (Å²) in [6.07, 6.45) is 0. The van der Waals surface area contributed by atoms with Crippen molar-refractivity contribution in [3.05, 3.63) is 46.3 Å². The van der Waals surface area contributed by atoms with Crippen molar-refractivity contribution in [2.45, 2.75) is 38.6 Å². The third-order valence-electron chi connectivity index (χ3n) is 5.44. The maximum Gasteiger partial charge on any atom is 0.251 e. The lowest BCUT2D eigenvalue weighted by molar-refractivity contribution is -0.135. The fourth-order valence-electron chi connectivity index (χ4n) is 3.66. The number of halogens is 1. The monoisotopic (exact) mass is 482 g/mol. The summed E-state index contributed by atoms with van der Waals surface area (Å²) in [6, 6.07) is 5.68. The first kappa shape index (κ1) is 24.2. The zero-order valence-electron chi connectivity index (χ0n) is 18.5. The molecule has 0 spiro atoms.